The molecule has 0 fully saturated rings. The van der Waals surface area contributed by atoms with Crippen molar-refractivity contribution in [2.75, 3.05) is 27.2 Å². The standard InChI is InChI=1S/C19H34N2O.C3H8O.Zn/c1-18(2,3)15-11-14(13-20-9-10-21(7)8)17(22)16(12-15)19(4,5)6;1-3(2)4;/h11-12,20,22H,9-10,13H2,1-8H3;3-4H,1-2H3;/q;;+2. The van der Waals surface area contributed by atoms with Gasteiger partial charge in [0.15, 0.2) is 0 Å². The third-order valence-corrected chi connectivity index (χ3v) is 3.91. The van der Waals surface area contributed by atoms with Crippen LogP contribution in [0.1, 0.15) is 72.1 Å². The molecular formula is C22H42N2O2Zn+2. The summed E-state index contributed by atoms with van der Waals surface area (Å²) in [5.74, 6) is 0.442. The number of aromatic hydroxyl groups is 1. The molecule has 0 heterocycles. The Balaban J connectivity index is 0. The molecule has 3 N–H and O–H groups in total. The Labute approximate surface area is 180 Å². The van der Waals surface area contributed by atoms with Crippen molar-refractivity contribution in [3.63, 3.8) is 0 Å². The maximum atomic E-state index is 10.7. The number of aliphatic hydroxyl groups is 1. The fourth-order valence-electron chi connectivity index (χ4n) is 2.36. The van der Waals surface area contributed by atoms with Crippen LogP contribution in [-0.4, -0.2) is 48.4 Å². The maximum absolute atomic E-state index is 10.7. The summed E-state index contributed by atoms with van der Waals surface area (Å²) in [6.07, 6.45) is -0.167. The van der Waals surface area contributed by atoms with Crippen LogP contribution < -0.4 is 5.32 Å². The number of nitrogens with one attached hydrogen (secondary N) is 1. The second-order valence-electron chi connectivity index (χ2n) is 9.61. The van der Waals surface area contributed by atoms with E-state index in [-0.39, 0.29) is 36.4 Å². The molecule has 5 heteroatoms. The van der Waals surface area contributed by atoms with Crippen molar-refractivity contribution in [1.82, 2.24) is 10.2 Å². The van der Waals surface area contributed by atoms with Crippen molar-refractivity contribution in [2.24, 2.45) is 0 Å². The van der Waals surface area contributed by atoms with Crippen molar-refractivity contribution in [3.05, 3.63) is 28.8 Å². The Morgan fingerprint density at radius 2 is 1.48 bits per heavy atom. The molecule has 1 rings (SSSR count). The minimum absolute atomic E-state index is 0. The second kappa shape index (κ2) is 12.2. The molecule has 0 aliphatic carbocycles. The number of phenolic OH excluding ortho intramolecular Hbond substituents is 1. The summed E-state index contributed by atoms with van der Waals surface area (Å²) < 4.78 is 0. The van der Waals surface area contributed by atoms with Crippen LogP contribution in [0, 0.1) is 0 Å². The van der Waals surface area contributed by atoms with E-state index in [9.17, 15) is 5.11 Å². The van der Waals surface area contributed by atoms with E-state index >= 15 is 0 Å². The number of rotatable bonds is 5. The molecule has 0 amide bonds. The van der Waals surface area contributed by atoms with Gasteiger partial charge in [0.1, 0.15) is 5.75 Å². The zero-order valence-corrected chi connectivity index (χ0v) is 22.4. The molecule has 1 aromatic carbocycles. The molecule has 0 bridgehead atoms. The minimum atomic E-state index is -0.167. The van der Waals surface area contributed by atoms with Gasteiger partial charge in [-0.1, -0.05) is 53.7 Å². The third-order valence-electron chi connectivity index (χ3n) is 3.91. The predicted molar refractivity (Wildman–Crippen MR) is 113 cm³/mol. The molecule has 0 aliphatic rings. The smallest absolute Gasteiger partial charge is 0.507 e. The number of benzene rings is 1. The summed E-state index contributed by atoms with van der Waals surface area (Å²) in [7, 11) is 4.13. The van der Waals surface area contributed by atoms with E-state index in [0.717, 1.165) is 24.2 Å². The Morgan fingerprint density at radius 3 is 1.85 bits per heavy atom. The molecule has 0 radical (unpaired) electrons. The molecular weight excluding hydrogens is 390 g/mol. The molecule has 0 aromatic heterocycles. The van der Waals surface area contributed by atoms with E-state index in [1.165, 1.54) is 5.56 Å². The van der Waals surface area contributed by atoms with Crippen molar-refractivity contribution < 1.29 is 29.7 Å². The van der Waals surface area contributed by atoms with Crippen LogP contribution in [0.2, 0.25) is 0 Å². The van der Waals surface area contributed by atoms with Crippen molar-refractivity contribution in [1.29, 1.82) is 0 Å². The summed E-state index contributed by atoms with van der Waals surface area (Å²) in [6.45, 7) is 19.2. The second-order valence-corrected chi connectivity index (χ2v) is 9.61. The van der Waals surface area contributed by atoms with E-state index in [0.29, 0.717) is 12.3 Å². The first-order valence-corrected chi connectivity index (χ1v) is 9.56. The summed E-state index contributed by atoms with van der Waals surface area (Å²) in [4.78, 5) is 2.15. The van der Waals surface area contributed by atoms with Crippen LogP contribution in [0.4, 0.5) is 0 Å². The molecule has 152 valence electrons. The maximum Gasteiger partial charge on any atom is 2.00 e. The van der Waals surface area contributed by atoms with Gasteiger partial charge in [-0.3, -0.25) is 0 Å². The number of aliphatic hydroxyl groups excluding tert-OH is 1. The number of phenols is 1. The van der Waals surface area contributed by atoms with Crippen molar-refractivity contribution >= 4 is 0 Å². The van der Waals surface area contributed by atoms with Crippen LogP contribution in [0.5, 0.6) is 5.75 Å². The normalized spacial score (nSPS) is 11.9. The van der Waals surface area contributed by atoms with E-state index in [4.69, 9.17) is 5.11 Å². The van der Waals surface area contributed by atoms with Gasteiger partial charge < -0.3 is 20.4 Å². The van der Waals surface area contributed by atoms with Crippen LogP contribution in [0.3, 0.4) is 0 Å². The Hall–Kier alpha value is -0.477. The molecule has 0 saturated heterocycles. The van der Waals surface area contributed by atoms with Gasteiger partial charge in [0.2, 0.25) is 0 Å². The zero-order chi connectivity index (χ0) is 20.7. The Morgan fingerprint density at radius 1 is 1.00 bits per heavy atom. The van der Waals surface area contributed by atoms with E-state index in [1.807, 2.05) is 0 Å². The van der Waals surface area contributed by atoms with Crippen LogP contribution in [-0.2, 0) is 36.9 Å². The molecule has 27 heavy (non-hydrogen) atoms. The van der Waals surface area contributed by atoms with Gasteiger partial charge in [-0.2, -0.15) is 0 Å². The monoisotopic (exact) mass is 430 g/mol. The number of hydrogen-bond donors (Lipinski definition) is 3. The van der Waals surface area contributed by atoms with Crippen LogP contribution in [0.25, 0.3) is 0 Å². The van der Waals surface area contributed by atoms with Gasteiger partial charge in [-0.15, -0.1) is 0 Å². The Bertz CT molecular complexity index is 542. The molecule has 4 nitrogen and oxygen atoms in total. The van der Waals surface area contributed by atoms with Gasteiger partial charge in [0.05, 0.1) is 0 Å². The first-order chi connectivity index (χ1) is 11.7. The molecule has 0 spiro atoms. The number of nitrogens with zero attached hydrogens (tertiary/aromatic N) is 1. The largest absolute Gasteiger partial charge is 2.00 e. The Kier molecular flexibility index (Phi) is 12.9. The van der Waals surface area contributed by atoms with E-state index in [2.05, 4.69) is 78.0 Å². The van der Waals surface area contributed by atoms with Gasteiger partial charge in [-0.05, 0) is 49.9 Å². The van der Waals surface area contributed by atoms with Gasteiger partial charge in [0, 0.05) is 31.3 Å². The predicted octanol–water partition coefficient (Wildman–Crippen LogP) is 4.02. The molecule has 0 atom stereocenters. The molecule has 0 aliphatic heterocycles. The number of hydrogen-bond acceptors (Lipinski definition) is 4. The zero-order valence-electron chi connectivity index (χ0n) is 19.4. The van der Waals surface area contributed by atoms with Crippen molar-refractivity contribution in [2.45, 2.75) is 78.9 Å². The first-order valence-electron chi connectivity index (χ1n) is 9.56. The molecule has 0 unspecified atom stereocenters. The molecule has 1 aromatic rings. The van der Waals surface area contributed by atoms with E-state index < -0.39 is 0 Å². The SMILES string of the molecule is CC(C)O.CN(C)CCNCc1cc(C(C)(C)C)cc(C(C)(C)C)c1O.[Zn+2]. The van der Waals surface area contributed by atoms with E-state index in [1.54, 1.807) is 13.8 Å². The fraction of sp³-hybridized carbons (Fsp3) is 0.727. The summed E-state index contributed by atoms with van der Waals surface area (Å²) in [6, 6.07) is 4.31. The minimum Gasteiger partial charge on any atom is -0.507 e. The third kappa shape index (κ3) is 11.8. The van der Waals surface area contributed by atoms with Gasteiger partial charge >= 0.3 is 19.5 Å². The average Bonchev–Trinajstić information content (AvgIpc) is 2.41. The summed E-state index contributed by atoms with van der Waals surface area (Å²) >= 11 is 0. The summed E-state index contributed by atoms with van der Waals surface area (Å²) in [5.41, 5.74) is 3.32. The quantitative estimate of drug-likeness (QED) is 0.486. The first kappa shape index (κ1) is 28.7. The molecule has 0 saturated carbocycles. The fourth-order valence-corrected chi connectivity index (χ4v) is 2.36. The summed E-state index contributed by atoms with van der Waals surface area (Å²) in [5, 5.41) is 22.2. The van der Waals surface area contributed by atoms with Crippen LogP contribution in [0.15, 0.2) is 12.1 Å². The van der Waals surface area contributed by atoms with Crippen molar-refractivity contribution in [3.8, 4) is 5.75 Å². The topological polar surface area (TPSA) is 55.7 Å². The van der Waals surface area contributed by atoms with Crippen LogP contribution >= 0.6 is 0 Å². The van der Waals surface area contributed by atoms with Gasteiger partial charge in [-0.25, -0.2) is 0 Å². The average molecular weight is 432 g/mol. The number of likely N-dealkylation sites (N-methyl/N-ethyl adjacent to an activating group) is 1. The van der Waals surface area contributed by atoms with Gasteiger partial charge in [0.25, 0.3) is 0 Å².